The summed E-state index contributed by atoms with van der Waals surface area (Å²) in [6.07, 6.45) is 2.52. The summed E-state index contributed by atoms with van der Waals surface area (Å²) < 4.78 is 39.5. The first kappa shape index (κ1) is 12.9. The van der Waals surface area contributed by atoms with Crippen LogP contribution in [0.5, 0.6) is 0 Å². The van der Waals surface area contributed by atoms with Crippen LogP contribution in [0.4, 0.5) is 4.39 Å². The van der Waals surface area contributed by atoms with Crippen LogP contribution in [0, 0.1) is 6.92 Å². The SMILES string of the molecule is Cc1ccc(S(=O)(=O)OC/C=C\CF)cc1. The second kappa shape index (κ2) is 5.77. The van der Waals surface area contributed by atoms with E-state index >= 15 is 0 Å². The van der Waals surface area contributed by atoms with Gasteiger partial charge in [-0.15, -0.1) is 0 Å². The van der Waals surface area contributed by atoms with E-state index in [0.717, 1.165) is 5.56 Å². The van der Waals surface area contributed by atoms with Gasteiger partial charge in [-0.2, -0.15) is 8.42 Å². The fourth-order valence-electron chi connectivity index (χ4n) is 1.03. The first-order valence-electron chi connectivity index (χ1n) is 4.73. The van der Waals surface area contributed by atoms with Crippen LogP contribution in [0.2, 0.25) is 0 Å². The molecule has 16 heavy (non-hydrogen) atoms. The Hall–Kier alpha value is -1.20. The van der Waals surface area contributed by atoms with Crippen LogP contribution in [-0.2, 0) is 14.3 Å². The summed E-state index contributed by atoms with van der Waals surface area (Å²) >= 11 is 0. The van der Waals surface area contributed by atoms with Crippen LogP contribution in [0.1, 0.15) is 5.56 Å². The molecule has 1 aromatic carbocycles. The Balaban J connectivity index is 2.71. The van der Waals surface area contributed by atoms with Crippen molar-refractivity contribution < 1.29 is 17.0 Å². The molecular formula is C11H13FO3S. The van der Waals surface area contributed by atoms with Crippen LogP contribution in [0.3, 0.4) is 0 Å². The van der Waals surface area contributed by atoms with Gasteiger partial charge in [0, 0.05) is 0 Å². The minimum atomic E-state index is -3.73. The maximum absolute atomic E-state index is 11.7. The van der Waals surface area contributed by atoms with Crippen molar-refractivity contribution in [2.24, 2.45) is 0 Å². The third kappa shape index (κ3) is 3.75. The minimum Gasteiger partial charge on any atom is -0.262 e. The van der Waals surface area contributed by atoms with Crippen molar-refractivity contribution in [3.8, 4) is 0 Å². The van der Waals surface area contributed by atoms with Crippen LogP contribution in [0.15, 0.2) is 41.3 Å². The van der Waals surface area contributed by atoms with Crippen LogP contribution in [-0.4, -0.2) is 21.7 Å². The van der Waals surface area contributed by atoms with Gasteiger partial charge in [0.1, 0.15) is 6.67 Å². The van der Waals surface area contributed by atoms with E-state index in [0.29, 0.717) is 0 Å². The van der Waals surface area contributed by atoms with Gasteiger partial charge in [0.25, 0.3) is 10.1 Å². The van der Waals surface area contributed by atoms with Crippen molar-refractivity contribution in [1.82, 2.24) is 0 Å². The van der Waals surface area contributed by atoms with Crippen molar-refractivity contribution in [3.05, 3.63) is 42.0 Å². The lowest BCUT2D eigenvalue weighted by atomic mass is 10.2. The van der Waals surface area contributed by atoms with Crippen molar-refractivity contribution in [2.45, 2.75) is 11.8 Å². The molecule has 88 valence electrons. The van der Waals surface area contributed by atoms with E-state index in [9.17, 15) is 12.8 Å². The molecule has 1 aromatic rings. The number of aryl methyl sites for hydroxylation is 1. The largest absolute Gasteiger partial charge is 0.297 e. The molecule has 0 aliphatic carbocycles. The van der Waals surface area contributed by atoms with Crippen molar-refractivity contribution in [1.29, 1.82) is 0 Å². The highest BCUT2D eigenvalue weighted by molar-refractivity contribution is 7.86. The zero-order valence-electron chi connectivity index (χ0n) is 8.89. The molecule has 0 atom stereocenters. The summed E-state index contributed by atoms with van der Waals surface area (Å²) in [5.41, 5.74) is 0.969. The molecule has 1 rings (SSSR count). The van der Waals surface area contributed by atoms with E-state index in [1.807, 2.05) is 6.92 Å². The Bertz CT molecular complexity index is 449. The molecule has 0 aromatic heterocycles. The lowest BCUT2D eigenvalue weighted by Gasteiger charge is -2.03. The van der Waals surface area contributed by atoms with Gasteiger partial charge < -0.3 is 0 Å². The fraction of sp³-hybridized carbons (Fsp3) is 0.273. The van der Waals surface area contributed by atoms with Crippen molar-refractivity contribution in [3.63, 3.8) is 0 Å². The van der Waals surface area contributed by atoms with E-state index in [4.69, 9.17) is 0 Å². The van der Waals surface area contributed by atoms with Gasteiger partial charge >= 0.3 is 0 Å². The Labute approximate surface area is 94.7 Å². The first-order valence-corrected chi connectivity index (χ1v) is 6.14. The van der Waals surface area contributed by atoms with E-state index in [2.05, 4.69) is 4.18 Å². The van der Waals surface area contributed by atoms with Gasteiger partial charge in [-0.1, -0.05) is 29.8 Å². The molecule has 0 unspecified atom stereocenters. The van der Waals surface area contributed by atoms with E-state index in [-0.39, 0.29) is 11.5 Å². The first-order chi connectivity index (χ1) is 7.56. The van der Waals surface area contributed by atoms with Gasteiger partial charge in [0.05, 0.1) is 11.5 Å². The lowest BCUT2D eigenvalue weighted by molar-refractivity contribution is 0.356. The van der Waals surface area contributed by atoms with Crippen LogP contribution >= 0.6 is 0 Å². The third-order valence-electron chi connectivity index (χ3n) is 1.88. The average molecular weight is 244 g/mol. The van der Waals surface area contributed by atoms with Crippen LogP contribution in [0.25, 0.3) is 0 Å². The summed E-state index contributed by atoms with van der Waals surface area (Å²) in [5, 5.41) is 0. The minimum absolute atomic E-state index is 0.103. The maximum atomic E-state index is 11.7. The van der Waals surface area contributed by atoms with Crippen molar-refractivity contribution >= 4 is 10.1 Å². The highest BCUT2D eigenvalue weighted by atomic mass is 32.2. The summed E-state index contributed by atoms with van der Waals surface area (Å²) in [5.74, 6) is 0. The van der Waals surface area contributed by atoms with Crippen LogP contribution < -0.4 is 0 Å². The molecule has 0 amide bonds. The molecule has 0 heterocycles. The molecule has 0 radical (unpaired) electrons. The summed E-state index contributed by atoms with van der Waals surface area (Å²) in [4.78, 5) is 0.103. The fourth-order valence-corrected chi connectivity index (χ4v) is 1.90. The topological polar surface area (TPSA) is 43.4 Å². The zero-order chi connectivity index (χ0) is 12.0. The summed E-state index contributed by atoms with van der Waals surface area (Å²) in [6, 6.07) is 6.33. The summed E-state index contributed by atoms with van der Waals surface area (Å²) in [7, 11) is -3.73. The predicted molar refractivity (Wildman–Crippen MR) is 59.4 cm³/mol. The Kier molecular flexibility index (Phi) is 4.64. The van der Waals surface area contributed by atoms with Crippen molar-refractivity contribution in [2.75, 3.05) is 13.3 Å². The molecule has 0 spiro atoms. The van der Waals surface area contributed by atoms with Gasteiger partial charge in [-0.25, -0.2) is 4.39 Å². The van der Waals surface area contributed by atoms with E-state index < -0.39 is 16.8 Å². The molecule has 0 bridgehead atoms. The number of rotatable bonds is 5. The quantitative estimate of drug-likeness (QED) is 0.589. The van der Waals surface area contributed by atoms with E-state index in [1.54, 1.807) is 12.1 Å². The normalized spacial score (nSPS) is 12.1. The van der Waals surface area contributed by atoms with E-state index in [1.165, 1.54) is 24.3 Å². The Morgan fingerprint density at radius 2 is 1.88 bits per heavy atom. The van der Waals surface area contributed by atoms with Gasteiger partial charge in [0.15, 0.2) is 0 Å². The second-order valence-corrected chi connectivity index (χ2v) is 4.79. The average Bonchev–Trinajstić information content (AvgIpc) is 2.25. The number of benzene rings is 1. The standard InChI is InChI=1S/C11H13FO3S/c1-10-4-6-11(7-5-10)16(13,14)15-9-3-2-8-12/h2-7H,8-9H2,1H3/b3-2-. The highest BCUT2D eigenvalue weighted by Gasteiger charge is 2.13. The third-order valence-corrected chi connectivity index (χ3v) is 3.18. The number of hydrogen-bond donors (Lipinski definition) is 0. The Morgan fingerprint density at radius 1 is 1.25 bits per heavy atom. The highest BCUT2D eigenvalue weighted by Crippen LogP contribution is 2.12. The molecule has 3 nitrogen and oxygen atoms in total. The smallest absolute Gasteiger partial charge is 0.262 e. The number of hydrogen-bond acceptors (Lipinski definition) is 3. The molecular weight excluding hydrogens is 231 g/mol. The molecule has 5 heteroatoms. The Morgan fingerprint density at radius 3 is 2.44 bits per heavy atom. The van der Waals surface area contributed by atoms with Gasteiger partial charge in [0.2, 0.25) is 0 Å². The number of alkyl halides is 1. The monoisotopic (exact) mass is 244 g/mol. The molecule has 0 aliphatic heterocycles. The molecule has 0 aliphatic rings. The predicted octanol–water partition coefficient (Wildman–Crippen LogP) is 2.23. The molecule has 0 saturated carbocycles. The zero-order valence-corrected chi connectivity index (χ0v) is 9.71. The number of allylic oxidation sites excluding steroid dienone is 1. The maximum Gasteiger partial charge on any atom is 0.297 e. The molecule has 0 saturated heterocycles. The van der Waals surface area contributed by atoms with Gasteiger partial charge in [-0.05, 0) is 19.1 Å². The molecule has 0 N–H and O–H groups in total. The van der Waals surface area contributed by atoms with Gasteiger partial charge in [-0.3, -0.25) is 4.18 Å². The summed E-state index contributed by atoms with van der Waals surface area (Å²) in [6.45, 7) is 1.08. The molecule has 0 fully saturated rings. The second-order valence-electron chi connectivity index (χ2n) is 3.18. The number of halogens is 1. The lowest BCUT2D eigenvalue weighted by Crippen LogP contribution is -2.06.